The Hall–Kier alpha value is -3.37. The van der Waals surface area contributed by atoms with Crippen molar-refractivity contribution in [1.82, 2.24) is 25.0 Å². The number of aliphatic carboxylic acids is 1. The van der Waals surface area contributed by atoms with E-state index >= 15 is 0 Å². The number of nitrogen functional groups attached to an aromatic ring is 1. The first-order chi connectivity index (χ1) is 14.5. The van der Waals surface area contributed by atoms with Crippen molar-refractivity contribution in [1.29, 1.82) is 0 Å². The molecule has 11 nitrogen and oxygen atoms in total. The molecule has 2 saturated heterocycles. The minimum absolute atomic E-state index is 0.200. The number of likely N-dealkylation sites (tertiary alicyclic amines) is 1. The summed E-state index contributed by atoms with van der Waals surface area (Å²) in [5.41, 5.74) is 6.38. The Labute approximate surface area is 173 Å². The van der Waals surface area contributed by atoms with Gasteiger partial charge >= 0.3 is 12.0 Å². The van der Waals surface area contributed by atoms with Crippen LogP contribution >= 0.6 is 0 Å². The number of carboxylic acid groups (broad SMARTS) is 1. The molecular formula is C19H25N7O4. The predicted molar refractivity (Wildman–Crippen MR) is 108 cm³/mol. The van der Waals surface area contributed by atoms with Crippen molar-refractivity contribution in [3.05, 3.63) is 23.9 Å². The Morgan fingerprint density at radius 2 is 2.03 bits per heavy atom. The van der Waals surface area contributed by atoms with Gasteiger partial charge in [-0.2, -0.15) is 0 Å². The highest BCUT2D eigenvalue weighted by Crippen LogP contribution is 2.32. The number of aromatic nitrogens is 1. The first kappa shape index (κ1) is 19.9. The summed E-state index contributed by atoms with van der Waals surface area (Å²) in [6, 6.07) is 1.57. The highest BCUT2D eigenvalue weighted by Gasteiger charge is 2.55. The number of anilines is 1. The van der Waals surface area contributed by atoms with E-state index in [0.717, 1.165) is 30.4 Å². The second-order valence-corrected chi connectivity index (χ2v) is 7.63. The fraction of sp³-hybridized carbons (Fsp3) is 0.526. The number of piperazine rings is 1. The molecule has 4 heterocycles. The van der Waals surface area contributed by atoms with Crippen LogP contribution < -0.4 is 11.1 Å². The van der Waals surface area contributed by atoms with Crippen LogP contribution in [-0.2, 0) is 16.0 Å². The van der Waals surface area contributed by atoms with Crippen LogP contribution in [0.2, 0.25) is 0 Å². The number of nitrogens with one attached hydrogen (secondary N) is 1. The van der Waals surface area contributed by atoms with Crippen molar-refractivity contribution in [3.63, 3.8) is 0 Å². The summed E-state index contributed by atoms with van der Waals surface area (Å²) in [6.07, 6.45) is 2.71. The number of hydrogen-bond acceptors (Lipinski definition) is 8. The Morgan fingerprint density at radius 1 is 1.27 bits per heavy atom. The Balaban J connectivity index is 1.39. The second-order valence-electron chi connectivity index (χ2n) is 7.63. The Morgan fingerprint density at radius 3 is 2.67 bits per heavy atom. The van der Waals surface area contributed by atoms with Crippen LogP contribution in [0.3, 0.4) is 0 Å². The molecule has 11 heteroatoms. The summed E-state index contributed by atoms with van der Waals surface area (Å²) in [4.78, 5) is 50.3. The molecule has 0 spiro atoms. The number of rotatable bonds is 3. The molecular weight excluding hydrogens is 390 g/mol. The molecule has 30 heavy (non-hydrogen) atoms. The number of urea groups is 1. The number of hydrogen-bond donors (Lipinski definition) is 3. The first-order valence-corrected chi connectivity index (χ1v) is 10.0. The zero-order chi connectivity index (χ0) is 21.3. The lowest BCUT2D eigenvalue weighted by molar-refractivity contribution is -0.166. The largest absolute Gasteiger partial charge is 0.480 e. The molecule has 1 aromatic heterocycles. The molecule has 4 N–H and O–H groups in total. The molecule has 0 radical (unpaired) electrons. The van der Waals surface area contributed by atoms with Crippen molar-refractivity contribution < 1.29 is 19.5 Å². The van der Waals surface area contributed by atoms with Gasteiger partial charge in [0, 0.05) is 45.5 Å². The molecule has 0 saturated carbocycles. The molecule has 1 aromatic rings. The van der Waals surface area contributed by atoms with Crippen molar-refractivity contribution in [3.8, 4) is 0 Å². The van der Waals surface area contributed by atoms with Gasteiger partial charge in [0.2, 0.25) is 5.91 Å². The van der Waals surface area contributed by atoms with Crippen LogP contribution in [-0.4, -0.2) is 94.0 Å². The number of carboxylic acids is 1. The van der Waals surface area contributed by atoms with Gasteiger partial charge in [-0.25, -0.2) is 19.5 Å². The van der Waals surface area contributed by atoms with E-state index in [4.69, 9.17) is 5.73 Å². The van der Waals surface area contributed by atoms with Gasteiger partial charge < -0.3 is 26.0 Å². The average Bonchev–Trinajstić information content (AvgIpc) is 2.75. The van der Waals surface area contributed by atoms with Crippen molar-refractivity contribution >= 4 is 29.7 Å². The minimum atomic E-state index is -1.19. The molecule has 3 aliphatic rings. The number of amides is 3. The molecule has 0 unspecified atom stereocenters. The molecule has 160 valence electrons. The van der Waals surface area contributed by atoms with Crippen LogP contribution in [0.1, 0.15) is 12.0 Å². The van der Waals surface area contributed by atoms with Crippen molar-refractivity contribution in [2.45, 2.75) is 18.9 Å². The molecule has 2 atom stereocenters. The quantitative estimate of drug-likeness (QED) is 0.545. The normalized spacial score (nSPS) is 24.1. The highest BCUT2D eigenvalue weighted by molar-refractivity contribution is 6.07. The lowest BCUT2D eigenvalue weighted by Gasteiger charge is -2.46. The van der Waals surface area contributed by atoms with E-state index in [1.54, 1.807) is 12.1 Å². The van der Waals surface area contributed by atoms with Gasteiger partial charge in [0.1, 0.15) is 5.82 Å². The third-order valence-electron chi connectivity index (χ3n) is 5.70. The maximum absolute atomic E-state index is 12.9. The number of guanidine groups is 1. The van der Waals surface area contributed by atoms with Gasteiger partial charge in [0.15, 0.2) is 12.0 Å². The van der Waals surface area contributed by atoms with E-state index in [-0.39, 0.29) is 6.42 Å². The molecule has 3 amide bonds. The standard InChI is InChI=1S/C19H25N7O4/c20-14-11-12(2-5-21-14)10-13-15(17(28)29)26(16(13)27)19(30)25-8-6-24(7-9-25)18-22-3-1-4-23-18/h2,5,11,13,15H,1,3-4,6-10H2,(H2,20,21)(H,22,23)(H,28,29)/t13-,15+/m1/s1. The smallest absolute Gasteiger partial charge is 0.327 e. The maximum Gasteiger partial charge on any atom is 0.327 e. The van der Waals surface area contributed by atoms with E-state index in [2.05, 4.69) is 20.2 Å². The molecule has 4 rings (SSSR count). The predicted octanol–water partition coefficient (Wildman–Crippen LogP) is -0.795. The molecule has 0 bridgehead atoms. The summed E-state index contributed by atoms with van der Waals surface area (Å²) < 4.78 is 0. The molecule has 2 fully saturated rings. The lowest BCUT2D eigenvalue weighted by atomic mass is 9.82. The van der Waals surface area contributed by atoms with E-state index in [1.807, 2.05) is 0 Å². The number of carbonyl (C=O) groups is 3. The van der Waals surface area contributed by atoms with Gasteiger partial charge in [-0.15, -0.1) is 0 Å². The van der Waals surface area contributed by atoms with Gasteiger partial charge in [-0.3, -0.25) is 9.79 Å². The molecule has 3 aliphatic heterocycles. The van der Waals surface area contributed by atoms with Crippen LogP contribution in [0.25, 0.3) is 0 Å². The average molecular weight is 415 g/mol. The Bertz CT molecular complexity index is 881. The fourth-order valence-corrected chi connectivity index (χ4v) is 4.11. The van der Waals surface area contributed by atoms with E-state index in [1.165, 1.54) is 11.1 Å². The third-order valence-corrected chi connectivity index (χ3v) is 5.70. The van der Waals surface area contributed by atoms with E-state index in [0.29, 0.717) is 37.6 Å². The van der Waals surface area contributed by atoms with E-state index < -0.39 is 29.9 Å². The maximum atomic E-state index is 12.9. The second kappa shape index (κ2) is 8.17. The van der Waals surface area contributed by atoms with Crippen molar-refractivity contribution in [2.75, 3.05) is 45.0 Å². The number of imide groups is 1. The number of nitrogens with zero attached hydrogens (tertiary/aromatic N) is 5. The number of carbonyl (C=O) groups excluding carboxylic acids is 2. The summed E-state index contributed by atoms with van der Waals surface area (Å²) in [5, 5.41) is 12.9. The van der Waals surface area contributed by atoms with Gasteiger partial charge in [-0.1, -0.05) is 0 Å². The number of nitrogens with two attached hydrogens (primary N) is 1. The lowest BCUT2D eigenvalue weighted by Crippen LogP contribution is -2.70. The topological polar surface area (TPSA) is 144 Å². The summed E-state index contributed by atoms with van der Waals surface area (Å²) in [7, 11) is 0. The Kier molecular flexibility index (Phi) is 5.42. The summed E-state index contributed by atoms with van der Waals surface area (Å²) in [6.45, 7) is 3.64. The minimum Gasteiger partial charge on any atom is -0.480 e. The summed E-state index contributed by atoms with van der Waals surface area (Å²) in [5.74, 6) is -1.31. The SMILES string of the molecule is Nc1cc(C[C@H]2C(=O)N(C(=O)N3CCN(C4=NCCCN4)CC3)[C@@H]2C(=O)O)ccn1. The highest BCUT2D eigenvalue weighted by atomic mass is 16.4. The zero-order valence-electron chi connectivity index (χ0n) is 16.5. The molecule has 0 aromatic carbocycles. The van der Waals surface area contributed by atoms with Gasteiger partial charge in [-0.05, 0) is 30.5 Å². The number of β-lactam (4-membered cyclic amide) rings is 1. The zero-order valence-corrected chi connectivity index (χ0v) is 16.5. The third kappa shape index (κ3) is 3.74. The van der Waals surface area contributed by atoms with Crippen LogP contribution in [0.15, 0.2) is 23.3 Å². The molecule has 0 aliphatic carbocycles. The van der Waals surface area contributed by atoms with Gasteiger partial charge in [0.25, 0.3) is 0 Å². The van der Waals surface area contributed by atoms with Gasteiger partial charge in [0.05, 0.1) is 5.92 Å². The van der Waals surface area contributed by atoms with Crippen LogP contribution in [0, 0.1) is 5.92 Å². The monoisotopic (exact) mass is 415 g/mol. The first-order valence-electron chi connectivity index (χ1n) is 10.0. The van der Waals surface area contributed by atoms with Crippen molar-refractivity contribution in [2.24, 2.45) is 10.9 Å². The summed E-state index contributed by atoms with van der Waals surface area (Å²) >= 11 is 0. The number of aliphatic imine (C=N–C) groups is 1. The fourth-order valence-electron chi connectivity index (χ4n) is 4.11. The van der Waals surface area contributed by atoms with Crippen LogP contribution in [0.5, 0.6) is 0 Å². The number of pyridine rings is 1. The van der Waals surface area contributed by atoms with Crippen LogP contribution in [0.4, 0.5) is 10.6 Å². The van der Waals surface area contributed by atoms with E-state index in [9.17, 15) is 19.5 Å².